The van der Waals surface area contributed by atoms with Crippen LogP contribution in [-0.4, -0.2) is 33.7 Å². The maximum absolute atomic E-state index is 5.14. The molecule has 0 radical (unpaired) electrons. The predicted octanol–water partition coefficient (Wildman–Crippen LogP) is 1.37. The first kappa shape index (κ1) is 11.2. The fourth-order valence-corrected chi connectivity index (χ4v) is 2.33. The maximum atomic E-state index is 5.14. The summed E-state index contributed by atoms with van der Waals surface area (Å²) in [5.74, 6) is 0.675. The van der Waals surface area contributed by atoms with Crippen LogP contribution in [0.5, 0.6) is 5.88 Å². The second-order valence-electron chi connectivity index (χ2n) is 4.54. The van der Waals surface area contributed by atoms with Crippen LogP contribution >= 0.6 is 0 Å². The van der Waals surface area contributed by atoms with Crippen LogP contribution in [0.1, 0.15) is 16.8 Å². The Morgan fingerprint density at radius 2 is 2.44 bits per heavy atom. The van der Waals surface area contributed by atoms with E-state index in [-0.39, 0.29) is 0 Å². The van der Waals surface area contributed by atoms with E-state index >= 15 is 0 Å². The van der Waals surface area contributed by atoms with Crippen molar-refractivity contribution in [3.63, 3.8) is 0 Å². The zero-order chi connectivity index (χ0) is 12.4. The number of hydrogen-bond donors (Lipinski definition) is 1. The molecule has 0 amide bonds. The third-order valence-corrected chi connectivity index (χ3v) is 3.29. The highest BCUT2D eigenvalue weighted by molar-refractivity contribution is 5.22. The van der Waals surface area contributed by atoms with Gasteiger partial charge >= 0.3 is 0 Å². The fourth-order valence-electron chi connectivity index (χ4n) is 2.33. The molecule has 94 valence electrons. The molecule has 0 saturated heterocycles. The molecule has 1 aliphatic rings. The molecular weight excluding hydrogens is 228 g/mol. The molecule has 0 bridgehead atoms. The average molecular weight is 244 g/mol. The molecule has 2 aromatic heterocycles. The van der Waals surface area contributed by atoms with E-state index in [0.29, 0.717) is 5.88 Å². The standard InChI is InChI=1S/C13H16N4O/c1-18-13-6-10(2-4-14-13)8-17-5-3-12-11(9-17)7-15-16-12/h2,4,6-7H,3,5,8-9H2,1H3,(H,15,16). The lowest BCUT2D eigenvalue weighted by Crippen LogP contribution is -2.29. The summed E-state index contributed by atoms with van der Waals surface area (Å²) in [4.78, 5) is 6.53. The topological polar surface area (TPSA) is 54.0 Å². The van der Waals surface area contributed by atoms with Gasteiger partial charge in [0.15, 0.2) is 0 Å². The minimum Gasteiger partial charge on any atom is -0.481 e. The van der Waals surface area contributed by atoms with Crippen LogP contribution in [0, 0.1) is 0 Å². The lowest BCUT2D eigenvalue weighted by molar-refractivity contribution is 0.244. The highest BCUT2D eigenvalue weighted by atomic mass is 16.5. The number of hydrogen-bond acceptors (Lipinski definition) is 4. The third-order valence-electron chi connectivity index (χ3n) is 3.29. The molecule has 18 heavy (non-hydrogen) atoms. The van der Waals surface area contributed by atoms with E-state index in [4.69, 9.17) is 4.74 Å². The van der Waals surface area contributed by atoms with Crippen molar-refractivity contribution in [1.82, 2.24) is 20.1 Å². The maximum Gasteiger partial charge on any atom is 0.213 e. The second-order valence-corrected chi connectivity index (χ2v) is 4.54. The number of nitrogens with zero attached hydrogens (tertiary/aromatic N) is 3. The van der Waals surface area contributed by atoms with Gasteiger partial charge in [-0.05, 0) is 11.6 Å². The molecule has 1 aliphatic heterocycles. The van der Waals surface area contributed by atoms with Crippen molar-refractivity contribution in [2.24, 2.45) is 0 Å². The number of ether oxygens (including phenoxy) is 1. The van der Waals surface area contributed by atoms with Crippen molar-refractivity contribution < 1.29 is 4.74 Å². The quantitative estimate of drug-likeness (QED) is 0.886. The Kier molecular flexibility index (Phi) is 2.98. The zero-order valence-corrected chi connectivity index (χ0v) is 10.4. The van der Waals surface area contributed by atoms with E-state index in [9.17, 15) is 0 Å². The first-order valence-electron chi connectivity index (χ1n) is 6.07. The first-order valence-corrected chi connectivity index (χ1v) is 6.07. The second kappa shape index (κ2) is 4.78. The molecule has 0 spiro atoms. The van der Waals surface area contributed by atoms with E-state index < -0.39 is 0 Å². The van der Waals surface area contributed by atoms with Crippen LogP contribution in [0.4, 0.5) is 0 Å². The molecule has 0 aromatic carbocycles. The minimum absolute atomic E-state index is 0.675. The largest absolute Gasteiger partial charge is 0.481 e. The Bertz CT molecular complexity index is 537. The summed E-state index contributed by atoms with van der Waals surface area (Å²) in [5.41, 5.74) is 3.81. The third kappa shape index (κ3) is 2.22. The van der Waals surface area contributed by atoms with Gasteiger partial charge in [0.05, 0.1) is 13.3 Å². The van der Waals surface area contributed by atoms with Gasteiger partial charge in [0.1, 0.15) is 0 Å². The number of fused-ring (bicyclic) bond motifs is 1. The molecule has 3 rings (SSSR count). The Morgan fingerprint density at radius 1 is 1.50 bits per heavy atom. The van der Waals surface area contributed by atoms with E-state index in [1.165, 1.54) is 16.8 Å². The van der Waals surface area contributed by atoms with Crippen LogP contribution in [0.15, 0.2) is 24.5 Å². The summed E-state index contributed by atoms with van der Waals surface area (Å²) in [6.45, 7) is 2.93. The van der Waals surface area contributed by atoms with Gasteiger partial charge in [0, 0.05) is 49.6 Å². The SMILES string of the molecule is COc1cc(CN2CCc3[nH]ncc3C2)ccn1. The van der Waals surface area contributed by atoms with Crippen LogP contribution in [0.2, 0.25) is 0 Å². The van der Waals surface area contributed by atoms with Gasteiger partial charge in [0.25, 0.3) is 0 Å². The number of pyridine rings is 1. The molecule has 0 unspecified atom stereocenters. The lowest BCUT2D eigenvalue weighted by atomic mass is 10.1. The Labute approximate surface area is 106 Å². The monoisotopic (exact) mass is 244 g/mol. The summed E-state index contributed by atoms with van der Waals surface area (Å²) in [7, 11) is 1.64. The van der Waals surface area contributed by atoms with Crippen molar-refractivity contribution in [3.8, 4) is 5.88 Å². The van der Waals surface area contributed by atoms with Crippen LogP contribution in [0.3, 0.4) is 0 Å². The molecule has 0 fully saturated rings. The summed E-state index contributed by atoms with van der Waals surface area (Å²) >= 11 is 0. The number of nitrogens with one attached hydrogen (secondary N) is 1. The summed E-state index contributed by atoms with van der Waals surface area (Å²) in [6, 6.07) is 4.03. The van der Waals surface area contributed by atoms with Gasteiger partial charge in [-0.15, -0.1) is 0 Å². The zero-order valence-electron chi connectivity index (χ0n) is 10.4. The Hall–Kier alpha value is -1.88. The van der Waals surface area contributed by atoms with Crippen LogP contribution in [-0.2, 0) is 19.5 Å². The molecule has 0 atom stereocenters. The minimum atomic E-state index is 0.675. The van der Waals surface area contributed by atoms with Crippen molar-refractivity contribution in [3.05, 3.63) is 41.3 Å². The molecule has 3 heterocycles. The Morgan fingerprint density at radius 3 is 3.33 bits per heavy atom. The summed E-state index contributed by atoms with van der Waals surface area (Å²) in [6.07, 6.45) is 4.76. The number of aromatic nitrogens is 3. The van der Waals surface area contributed by atoms with Gasteiger partial charge in [0.2, 0.25) is 5.88 Å². The smallest absolute Gasteiger partial charge is 0.213 e. The molecule has 1 N–H and O–H groups in total. The van der Waals surface area contributed by atoms with Crippen molar-refractivity contribution in [2.45, 2.75) is 19.5 Å². The van der Waals surface area contributed by atoms with Crippen molar-refractivity contribution in [1.29, 1.82) is 0 Å². The average Bonchev–Trinajstić information content (AvgIpc) is 2.86. The molecule has 0 saturated carbocycles. The number of methoxy groups -OCH3 is 1. The van der Waals surface area contributed by atoms with Crippen LogP contribution in [0.25, 0.3) is 0 Å². The van der Waals surface area contributed by atoms with E-state index in [1.807, 2.05) is 18.3 Å². The lowest BCUT2D eigenvalue weighted by Gasteiger charge is -2.26. The summed E-state index contributed by atoms with van der Waals surface area (Å²) < 4.78 is 5.14. The van der Waals surface area contributed by atoms with Gasteiger partial charge < -0.3 is 4.74 Å². The molecule has 2 aromatic rings. The molecular formula is C13H16N4O. The summed E-state index contributed by atoms with van der Waals surface area (Å²) in [5, 5.41) is 7.14. The Balaban J connectivity index is 1.70. The number of H-pyrrole nitrogens is 1. The van der Waals surface area contributed by atoms with E-state index in [1.54, 1.807) is 13.3 Å². The van der Waals surface area contributed by atoms with Gasteiger partial charge in [-0.25, -0.2) is 4.98 Å². The van der Waals surface area contributed by atoms with Gasteiger partial charge in [-0.2, -0.15) is 5.10 Å². The molecule has 5 heteroatoms. The highest BCUT2D eigenvalue weighted by Gasteiger charge is 2.17. The van der Waals surface area contributed by atoms with Gasteiger partial charge in [-0.1, -0.05) is 0 Å². The van der Waals surface area contributed by atoms with Crippen molar-refractivity contribution in [2.75, 3.05) is 13.7 Å². The number of aromatic amines is 1. The van der Waals surface area contributed by atoms with Crippen LogP contribution < -0.4 is 4.74 Å². The first-order chi connectivity index (χ1) is 8.85. The molecule has 5 nitrogen and oxygen atoms in total. The van der Waals surface area contributed by atoms with Gasteiger partial charge in [-0.3, -0.25) is 10.00 Å². The fraction of sp³-hybridized carbons (Fsp3) is 0.385. The van der Waals surface area contributed by atoms with E-state index in [2.05, 4.69) is 20.1 Å². The van der Waals surface area contributed by atoms with E-state index in [0.717, 1.165) is 26.1 Å². The molecule has 0 aliphatic carbocycles. The van der Waals surface area contributed by atoms with Crippen molar-refractivity contribution >= 4 is 0 Å². The number of rotatable bonds is 3. The highest BCUT2D eigenvalue weighted by Crippen LogP contribution is 2.19. The predicted molar refractivity (Wildman–Crippen MR) is 67.2 cm³/mol. The normalized spacial score (nSPS) is 15.4.